The fourth-order valence-electron chi connectivity index (χ4n) is 3.96. The van der Waals surface area contributed by atoms with E-state index in [0.29, 0.717) is 47.9 Å². The van der Waals surface area contributed by atoms with Gasteiger partial charge in [0.05, 0.1) is 44.1 Å². The molecule has 0 radical (unpaired) electrons. The fourth-order valence-corrected chi connectivity index (χ4v) is 4.55. The minimum atomic E-state index is -0.475. The molecule has 2 nitrogen and oxygen atoms in total. The van der Waals surface area contributed by atoms with Crippen molar-refractivity contribution >= 4 is 46.4 Å². The van der Waals surface area contributed by atoms with Gasteiger partial charge in [0.25, 0.3) is 0 Å². The first-order chi connectivity index (χ1) is 18.2. The van der Waals surface area contributed by atoms with E-state index in [9.17, 15) is 8.78 Å². The lowest BCUT2D eigenvalue weighted by atomic mass is 9.94. The SMILES string of the molecule is N#CC1(c2ccc(-c3ccc(Cl)c(Cl)c3)c(F)c2)CC1.N#CCc1ccc(-c2ccc(Cl)c(Cl)c2)c(F)c1. The average molecular weight is 586 g/mol. The van der Waals surface area contributed by atoms with Gasteiger partial charge in [-0.2, -0.15) is 10.5 Å². The van der Waals surface area contributed by atoms with Crippen LogP contribution in [0, 0.1) is 34.3 Å². The van der Waals surface area contributed by atoms with Gasteiger partial charge in [-0.15, -0.1) is 0 Å². The zero-order chi connectivity index (χ0) is 27.4. The van der Waals surface area contributed by atoms with E-state index in [2.05, 4.69) is 6.07 Å². The predicted octanol–water partition coefficient (Wildman–Crippen LogP) is 10.2. The summed E-state index contributed by atoms with van der Waals surface area (Å²) in [5, 5.41) is 19.4. The van der Waals surface area contributed by atoms with Crippen molar-refractivity contribution in [1.82, 2.24) is 0 Å². The number of rotatable bonds is 4. The highest BCUT2D eigenvalue weighted by Crippen LogP contribution is 2.48. The molecule has 0 N–H and O–H groups in total. The van der Waals surface area contributed by atoms with Gasteiger partial charge in [-0.3, -0.25) is 0 Å². The Balaban J connectivity index is 0.000000178. The molecule has 4 aromatic carbocycles. The summed E-state index contributed by atoms with van der Waals surface area (Å²) in [6.07, 6.45) is 1.79. The second-order valence-electron chi connectivity index (χ2n) is 8.80. The van der Waals surface area contributed by atoms with E-state index in [4.69, 9.17) is 56.9 Å². The molecule has 1 fully saturated rings. The minimum Gasteiger partial charge on any atom is -0.206 e. The van der Waals surface area contributed by atoms with Gasteiger partial charge < -0.3 is 0 Å². The highest BCUT2D eigenvalue weighted by atomic mass is 35.5. The predicted molar refractivity (Wildman–Crippen MR) is 150 cm³/mol. The zero-order valence-electron chi connectivity index (χ0n) is 19.7. The maximum Gasteiger partial charge on any atom is 0.131 e. The molecular weight excluding hydrogens is 568 g/mol. The van der Waals surface area contributed by atoms with Crippen molar-refractivity contribution in [3.05, 3.63) is 116 Å². The van der Waals surface area contributed by atoms with E-state index in [1.165, 1.54) is 12.1 Å². The summed E-state index contributed by atoms with van der Waals surface area (Å²) >= 11 is 23.5. The first kappa shape index (κ1) is 27.9. The number of nitriles is 2. The summed E-state index contributed by atoms with van der Waals surface area (Å²) in [5.74, 6) is -0.719. The lowest BCUT2D eigenvalue weighted by Crippen LogP contribution is -2.03. The number of benzene rings is 4. The van der Waals surface area contributed by atoms with Crippen LogP contribution in [0.25, 0.3) is 22.3 Å². The van der Waals surface area contributed by atoms with Crippen molar-refractivity contribution in [2.75, 3.05) is 0 Å². The molecule has 0 spiro atoms. The second-order valence-corrected chi connectivity index (χ2v) is 10.4. The van der Waals surface area contributed by atoms with Crippen LogP contribution in [-0.2, 0) is 11.8 Å². The van der Waals surface area contributed by atoms with Crippen molar-refractivity contribution in [2.24, 2.45) is 0 Å². The Hall–Kier alpha value is -3.12. The minimum absolute atomic E-state index is 0.193. The van der Waals surface area contributed by atoms with Crippen molar-refractivity contribution in [3.8, 4) is 34.4 Å². The summed E-state index contributed by atoms with van der Waals surface area (Å²) in [7, 11) is 0. The van der Waals surface area contributed by atoms with E-state index < -0.39 is 5.41 Å². The van der Waals surface area contributed by atoms with Crippen LogP contribution in [0.5, 0.6) is 0 Å². The Labute approximate surface area is 239 Å². The Morgan fingerprint density at radius 3 is 1.61 bits per heavy atom. The Bertz CT molecular complexity index is 1600. The highest BCUT2D eigenvalue weighted by molar-refractivity contribution is 6.42. The molecule has 8 heteroatoms. The van der Waals surface area contributed by atoms with Crippen molar-refractivity contribution in [2.45, 2.75) is 24.7 Å². The third kappa shape index (κ3) is 6.12. The van der Waals surface area contributed by atoms with E-state index in [1.807, 2.05) is 12.1 Å². The van der Waals surface area contributed by atoms with Crippen LogP contribution in [0.3, 0.4) is 0 Å². The number of hydrogen-bond acceptors (Lipinski definition) is 2. The molecule has 1 saturated carbocycles. The van der Waals surface area contributed by atoms with E-state index in [0.717, 1.165) is 18.4 Å². The lowest BCUT2D eigenvalue weighted by molar-refractivity contribution is 0.627. The van der Waals surface area contributed by atoms with Gasteiger partial charge >= 0.3 is 0 Å². The van der Waals surface area contributed by atoms with Gasteiger partial charge in [0.15, 0.2) is 0 Å². The largest absolute Gasteiger partial charge is 0.206 e. The molecular formula is C30H18Cl4F2N2. The van der Waals surface area contributed by atoms with E-state index in [1.54, 1.807) is 54.6 Å². The van der Waals surface area contributed by atoms with Crippen LogP contribution >= 0.6 is 46.4 Å². The molecule has 5 rings (SSSR count). The summed E-state index contributed by atoms with van der Waals surface area (Å²) in [6, 6.07) is 23.9. The summed E-state index contributed by atoms with van der Waals surface area (Å²) in [4.78, 5) is 0. The third-order valence-corrected chi connectivity index (χ3v) is 7.74. The first-order valence-electron chi connectivity index (χ1n) is 11.4. The van der Waals surface area contributed by atoms with Crippen LogP contribution in [0.4, 0.5) is 8.78 Å². The summed E-state index contributed by atoms with van der Waals surface area (Å²) < 4.78 is 28.2. The maximum atomic E-state index is 14.3. The lowest BCUT2D eigenvalue weighted by Gasteiger charge is -2.10. The Kier molecular flexibility index (Phi) is 8.61. The molecule has 0 aliphatic heterocycles. The fraction of sp³-hybridized carbons (Fsp3) is 0.133. The first-order valence-corrected chi connectivity index (χ1v) is 13.0. The Morgan fingerprint density at radius 2 is 1.18 bits per heavy atom. The molecule has 38 heavy (non-hydrogen) atoms. The van der Waals surface area contributed by atoms with Crippen LogP contribution in [0.15, 0.2) is 72.8 Å². The number of halogens is 6. The number of hydrogen-bond donors (Lipinski definition) is 0. The molecule has 0 aromatic heterocycles. The average Bonchev–Trinajstić information content (AvgIpc) is 3.70. The highest BCUT2D eigenvalue weighted by Gasteiger charge is 2.45. The smallest absolute Gasteiger partial charge is 0.131 e. The third-order valence-electron chi connectivity index (χ3n) is 6.26. The van der Waals surface area contributed by atoms with Gasteiger partial charge in [0.2, 0.25) is 0 Å². The molecule has 0 amide bonds. The maximum absolute atomic E-state index is 14.3. The van der Waals surface area contributed by atoms with Crippen molar-refractivity contribution in [1.29, 1.82) is 10.5 Å². The van der Waals surface area contributed by atoms with Crippen molar-refractivity contribution in [3.63, 3.8) is 0 Å². The van der Waals surface area contributed by atoms with Gasteiger partial charge in [0, 0.05) is 11.1 Å². The quantitative estimate of drug-likeness (QED) is 0.239. The standard InChI is InChI=1S/C16H10Cl2FN.C14H8Cl2FN/c17-13-4-1-10(7-14(13)18)12-3-2-11(8-15(12)19)16(9-20)5-6-16;15-12-4-2-10(8-13(12)16)11-3-1-9(5-6-18)7-14(11)17/h1-4,7-8H,5-6H2;1-4,7-8H,5H2. The second kappa shape index (κ2) is 11.7. The molecule has 0 atom stereocenters. The van der Waals surface area contributed by atoms with E-state index >= 15 is 0 Å². The topological polar surface area (TPSA) is 47.6 Å². The van der Waals surface area contributed by atoms with E-state index in [-0.39, 0.29) is 18.1 Å². The molecule has 0 saturated heterocycles. The van der Waals surface area contributed by atoms with Gasteiger partial charge in [-0.25, -0.2) is 8.78 Å². The molecule has 0 unspecified atom stereocenters. The van der Waals surface area contributed by atoms with Crippen LogP contribution in [-0.4, -0.2) is 0 Å². The molecule has 0 bridgehead atoms. The van der Waals surface area contributed by atoms with Crippen LogP contribution < -0.4 is 0 Å². The zero-order valence-corrected chi connectivity index (χ0v) is 22.7. The monoisotopic (exact) mass is 584 g/mol. The van der Waals surface area contributed by atoms with Gasteiger partial charge in [0.1, 0.15) is 11.6 Å². The number of nitrogens with zero attached hydrogens (tertiary/aromatic N) is 2. The summed E-state index contributed by atoms with van der Waals surface area (Å²) in [6.45, 7) is 0. The molecule has 4 aromatic rings. The normalized spacial score (nSPS) is 13.1. The molecule has 0 heterocycles. The van der Waals surface area contributed by atoms with Gasteiger partial charge in [-0.1, -0.05) is 82.8 Å². The van der Waals surface area contributed by atoms with Crippen LogP contribution in [0.2, 0.25) is 20.1 Å². The molecule has 1 aliphatic rings. The van der Waals surface area contributed by atoms with Crippen LogP contribution in [0.1, 0.15) is 24.0 Å². The van der Waals surface area contributed by atoms with Crippen molar-refractivity contribution < 1.29 is 8.78 Å². The Morgan fingerprint density at radius 1 is 0.658 bits per heavy atom. The molecule has 1 aliphatic carbocycles. The molecule has 190 valence electrons. The summed E-state index contributed by atoms with van der Waals surface area (Å²) in [5.41, 5.74) is 3.16. The van der Waals surface area contributed by atoms with Gasteiger partial charge in [-0.05, 0) is 71.5 Å².